The van der Waals surface area contributed by atoms with Crippen LogP contribution in [-0.2, 0) is 26.8 Å². The smallest absolute Gasteiger partial charge is 0.242 e. The van der Waals surface area contributed by atoms with Crippen LogP contribution in [0.25, 0.3) is 10.9 Å². The summed E-state index contributed by atoms with van der Waals surface area (Å²) in [7, 11) is -1.03. The number of aromatic amines is 1. The lowest BCUT2D eigenvalue weighted by Gasteiger charge is -2.20. The summed E-state index contributed by atoms with van der Waals surface area (Å²) in [5.74, 6) is -0.144. The molecule has 0 spiro atoms. The Morgan fingerprint density at radius 3 is 2.58 bits per heavy atom. The first-order chi connectivity index (χ1) is 12.2. The molecule has 3 N–H and O–H groups in total. The number of aromatic nitrogens is 1. The summed E-state index contributed by atoms with van der Waals surface area (Å²) in [6.07, 6.45) is 2.25. The van der Waals surface area contributed by atoms with Crippen LogP contribution in [-0.4, -0.2) is 44.1 Å². The number of carbonyl (C=O) groups is 2. The fraction of sp³-hybridized carbons (Fsp3) is 0.474. The third-order valence-corrected chi connectivity index (χ3v) is 6.00. The van der Waals surface area contributed by atoms with Gasteiger partial charge in [-0.1, -0.05) is 18.2 Å². The van der Waals surface area contributed by atoms with E-state index in [0.29, 0.717) is 18.7 Å². The van der Waals surface area contributed by atoms with E-state index in [-0.39, 0.29) is 16.6 Å². The summed E-state index contributed by atoms with van der Waals surface area (Å²) in [4.78, 5) is 27.2. The molecule has 2 unspecified atom stereocenters. The monoisotopic (exact) mass is 377 g/mol. The molecule has 1 aromatic heterocycles. The Bertz CT molecular complexity index is 808. The van der Waals surface area contributed by atoms with Gasteiger partial charge in [0.25, 0.3) is 0 Å². The summed E-state index contributed by atoms with van der Waals surface area (Å²) in [5, 5.41) is 6.54. The van der Waals surface area contributed by atoms with Crippen LogP contribution in [0.2, 0.25) is 0 Å². The SMILES string of the molecule is CC(=O)NC(Cc1c[nH]c2ccccc12)C(=O)NCCS(=O)C(C)(C)C. The van der Waals surface area contributed by atoms with Crippen molar-refractivity contribution in [3.8, 4) is 0 Å². The van der Waals surface area contributed by atoms with Crippen molar-refractivity contribution in [2.24, 2.45) is 0 Å². The van der Waals surface area contributed by atoms with Crippen LogP contribution in [0.15, 0.2) is 30.5 Å². The second-order valence-electron chi connectivity index (χ2n) is 7.27. The second-order valence-corrected chi connectivity index (χ2v) is 9.59. The summed E-state index contributed by atoms with van der Waals surface area (Å²) in [6, 6.07) is 7.16. The minimum absolute atomic E-state index is 0.261. The number of benzene rings is 1. The normalized spacial score (nSPS) is 14.0. The standard InChI is InChI=1S/C19H27N3O3S/c1-13(23)22-17(18(24)20-9-10-26(25)19(2,3)4)11-14-12-21-16-8-6-5-7-15(14)16/h5-8,12,17,21H,9-11H2,1-4H3,(H,20,24)(H,22,23). The van der Waals surface area contributed by atoms with Gasteiger partial charge in [0.2, 0.25) is 11.8 Å². The van der Waals surface area contributed by atoms with Crippen molar-refractivity contribution in [2.45, 2.75) is 44.9 Å². The fourth-order valence-corrected chi connectivity index (χ4v) is 3.57. The molecule has 0 saturated heterocycles. The van der Waals surface area contributed by atoms with Crippen molar-refractivity contribution in [3.63, 3.8) is 0 Å². The van der Waals surface area contributed by atoms with Gasteiger partial charge in [0.15, 0.2) is 0 Å². The van der Waals surface area contributed by atoms with Crippen LogP contribution in [0, 0.1) is 0 Å². The van der Waals surface area contributed by atoms with Gasteiger partial charge in [-0.2, -0.15) is 0 Å². The van der Waals surface area contributed by atoms with Gasteiger partial charge in [0.05, 0.1) is 0 Å². The number of nitrogens with one attached hydrogen (secondary N) is 3. The number of hydrogen-bond acceptors (Lipinski definition) is 3. The molecule has 7 heteroatoms. The molecule has 2 amide bonds. The number of rotatable bonds is 7. The van der Waals surface area contributed by atoms with Crippen molar-refractivity contribution in [1.29, 1.82) is 0 Å². The highest BCUT2D eigenvalue weighted by Crippen LogP contribution is 2.19. The van der Waals surface area contributed by atoms with E-state index in [2.05, 4.69) is 15.6 Å². The van der Waals surface area contributed by atoms with E-state index in [1.165, 1.54) is 6.92 Å². The molecular weight excluding hydrogens is 350 g/mol. The molecule has 0 saturated carbocycles. The first kappa shape index (κ1) is 20.2. The first-order valence-electron chi connectivity index (χ1n) is 8.67. The van der Waals surface area contributed by atoms with Gasteiger partial charge < -0.3 is 15.6 Å². The molecule has 0 fully saturated rings. The summed E-state index contributed by atoms with van der Waals surface area (Å²) >= 11 is 0. The van der Waals surface area contributed by atoms with Crippen LogP contribution >= 0.6 is 0 Å². The van der Waals surface area contributed by atoms with Crippen molar-refractivity contribution < 1.29 is 13.8 Å². The highest BCUT2D eigenvalue weighted by atomic mass is 32.2. The molecule has 26 heavy (non-hydrogen) atoms. The maximum atomic E-state index is 12.5. The maximum Gasteiger partial charge on any atom is 0.242 e. The van der Waals surface area contributed by atoms with Gasteiger partial charge in [0.1, 0.15) is 6.04 Å². The second kappa shape index (κ2) is 8.49. The number of fused-ring (bicyclic) bond motifs is 1. The van der Waals surface area contributed by atoms with Crippen LogP contribution in [0.1, 0.15) is 33.3 Å². The molecule has 1 aromatic carbocycles. The van der Waals surface area contributed by atoms with E-state index < -0.39 is 16.8 Å². The molecule has 0 bridgehead atoms. The van der Waals surface area contributed by atoms with Gasteiger partial charge in [0, 0.05) is 58.3 Å². The molecular formula is C19H27N3O3S. The topological polar surface area (TPSA) is 91.1 Å². The minimum Gasteiger partial charge on any atom is -0.361 e. The predicted molar refractivity (Wildman–Crippen MR) is 105 cm³/mol. The number of amides is 2. The molecule has 2 atom stereocenters. The lowest BCUT2D eigenvalue weighted by molar-refractivity contribution is -0.127. The minimum atomic E-state index is -1.03. The molecule has 0 aliphatic carbocycles. The Balaban J connectivity index is 2.03. The third kappa shape index (κ3) is 5.42. The zero-order chi connectivity index (χ0) is 19.3. The lowest BCUT2D eigenvalue weighted by Crippen LogP contribution is -2.48. The fourth-order valence-electron chi connectivity index (χ4n) is 2.67. The predicted octanol–water partition coefficient (Wildman–Crippen LogP) is 1.88. The van der Waals surface area contributed by atoms with Gasteiger partial charge in [-0.25, -0.2) is 0 Å². The molecule has 2 aromatic rings. The highest BCUT2D eigenvalue weighted by molar-refractivity contribution is 7.86. The van der Waals surface area contributed by atoms with E-state index in [1.807, 2.05) is 51.2 Å². The summed E-state index contributed by atoms with van der Waals surface area (Å²) < 4.78 is 11.8. The summed E-state index contributed by atoms with van der Waals surface area (Å²) in [5.41, 5.74) is 1.96. The van der Waals surface area contributed by atoms with E-state index in [1.54, 1.807) is 0 Å². The van der Waals surface area contributed by atoms with E-state index in [4.69, 9.17) is 0 Å². The van der Waals surface area contributed by atoms with Crippen LogP contribution in [0.5, 0.6) is 0 Å². The number of hydrogen-bond donors (Lipinski definition) is 3. The molecule has 2 rings (SSSR count). The van der Waals surface area contributed by atoms with Crippen molar-refractivity contribution in [2.75, 3.05) is 12.3 Å². The van der Waals surface area contributed by atoms with Crippen molar-refractivity contribution in [3.05, 3.63) is 36.0 Å². The zero-order valence-corrected chi connectivity index (χ0v) is 16.5. The quantitative estimate of drug-likeness (QED) is 0.688. The number of para-hydroxylation sites is 1. The average Bonchev–Trinajstić information content (AvgIpc) is 2.96. The Morgan fingerprint density at radius 2 is 1.92 bits per heavy atom. The zero-order valence-electron chi connectivity index (χ0n) is 15.7. The molecule has 1 heterocycles. The Kier molecular flexibility index (Phi) is 6.58. The number of carbonyl (C=O) groups excluding carboxylic acids is 2. The van der Waals surface area contributed by atoms with Crippen molar-refractivity contribution >= 4 is 33.5 Å². The maximum absolute atomic E-state index is 12.5. The van der Waals surface area contributed by atoms with Gasteiger partial charge in [-0.15, -0.1) is 0 Å². The van der Waals surface area contributed by atoms with Crippen molar-refractivity contribution in [1.82, 2.24) is 15.6 Å². The third-order valence-electron chi connectivity index (χ3n) is 4.06. The van der Waals surface area contributed by atoms with Gasteiger partial charge >= 0.3 is 0 Å². The van der Waals surface area contributed by atoms with E-state index >= 15 is 0 Å². The van der Waals surface area contributed by atoms with Gasteiger partial charge in [-0.05, 0) is 32.4 Å². The molecule has 6 nitrogen and oxygen atoms in total. The number of H-pyrrole nitrogens is 1. The van der Waals surface area contributed by atoms with Gasteiger partial charge in [-0.3, -0.25) is 13.8 Å². The molecule has 0 aliphatic rings. The largest absolute Gasteiger partial charge is 0.361 e. The average molecular weight is 378 g/mol. The van der Waals surface area contributed by atoms with E-state index in [9.17, 15) is 13.8 Å². The van der Waals surface area contributed by atoms with E-state index in [0.717, 1.165) is 16.5 Å². The highest BCUT2D eigenvalue weighted by Gasteiger charge is 2.23. The first-order valence-corrected chi connectivity index (χ1v) is 9.98. The Labute approximate surface area is 156 Å². The summed E-state index contributed by atoms with van der Waals surface area (Å²) in [6.45, 7) is 7.42. The van der Waals surface area contributed by atoms with Crippen LogP contribution in [0.4, 0.5) is 0 Å². The van der Waals surface area contributed by atoms with Crippen LogP contribution in [0.3, 0.4) is 0 Å². The molecule has 142 valence electrons. The Morgan fingerprint density at radius 1 is 1.23 bits per heavy atom. The lowest BCUT2D eigenvalue weighted by atomic mass is 10.0. The molecule has 0 aliphatic heterocycles. The molecule has 0 radical (unpaired) electrons. The van der Waals surface area contributed by atoms with Crippen LogP contribution < -0.4 is 10.6 Å². The Hall–Kier alpha value is -2.15.